The quantitative estimate of drug-likeness (QED) is 0.667. The van der Waals surface area contributed by atoms with Crippen molar-refractivity contribution in [3.8, 4) is 11.5 Å². The number of amides is 1. The molecule has 3 aromatic rings. The Kier molecular flexibility index (Phi) is 5.15. The fraction of sp³-hybridized carbons (Fsp3) is 0.263. The molecule has 27 heavy (non-hydrogen) atoms. The second kappa shape index (κ2) is 7.72. The maximum Gasteiger partial charge on any atom is 0.279 e. The van der Waals surface area contributed by atoms with Gasteiger partial charge in [0.2, 0.25) is 0 Å². The number of ether oxygens (including phenoxy) is 3. The molecule has 0 radical (unpaired) electrons. The van der Waals surface area contributed by atoms with E-state index >= 15 is 0 Å². The Morgan fingerprint density at radius 3 is 2.85 bits per heavy atom. The van der Waals surface area contributed by atoms with Gasteiger partial charge in [0.05, 0.1) is 16.8 Å². The van der Waals surface area contributed by atoms with Crippen molar-refractivity contribution in [2.75, 3.05) is 26.9 Å². The number of rotatable bonds is 4. The number of carbonyl (C=O) groups excluding carboxylic acids is 1. The lowest BCUT2D eigenvalue weighted by molar-refractivity contribution is 0.0996. The van der Waals surface area contributed by atoms with E-state index in [1.165, 1.54) is 11.3 Å². The number of hydrogen-bond donors (Lipinski definition) is 0. The molecule has 0 atom stereocenters. The van der Waals surface area contributed by atoms with E-state index in [9.17, 15) is 4.79 Å². The number of thiazole rings is 1. The van der Waals surface area contributed by atoms with Crippen LogP contribution < -0.4 is 14.3 Å². The van der Waals surface area contributed by atoms with Gasteiger partial charge in [-0.15, -0.1) is 0 Å². The van der Waals surface area contributed by atoms with Gasteiger partial charge in [-0.25, -0.2) is 0 Å². The van der Waals surface area contributed by atoms with Crippen LogP contribution in [0.3, 0.4) is 0 Å². The minimum absolute atomic E-state index is 0.337. The van der Waals surface area contributed by atoms with Crippen LogP contribution in [0.2, 0.25) is 5.02 Å². The smallest absolute Gasteiger partial charge is 0.279 e. The van der Waals surface area contributed by atoms with Crippen LogP contribution in [0.5, 0.6) is 11.5 Å². The summed E-state index contributed by atoms with van der Waals surface area (Å²) in [6.07, 6.45) is 0. The maximum absolute atomic E-state index is 12.7. The molecule has 0 unspecified atom stereocenters. The van der Waals surface area contributed by atoms with E-state index in [1.807, 2.05) is 22.8 Å². The first kappa shape index (κ1) is 18.0. The molecule has 140 valence electrons. The van der Waals surface area contributed by atoms with Crippen molar-refractivity contribution in [2.45, 2.75) is 6.54 Å². The van der Waals surface area contributed by atoms with Gasteiger partial charge in [-0.3, -0.25) is 4.79 Å². The van der Waals surface area contributed by atoms with Gasteiger partial charge >= 0.3 is 0 Å². The Morgan fingerprint density at radius 1 is 1.22 bits per heavy atom. The van der Waals surface area contributed by atoms with E-state index < -0.39 is 0 Å². The Hall–Kier alpha value is -2.35. The zero-order valence-electron chi connectivity index (χ0n) is 14.6. The van der Waals surface area contributed by atoms with Crippen molar-refractivity contribution < 1.29 is 19.0 Å². The summed E-state index contributed by atoms with van der Waals surface area (Å²) in [6.45, 7) is 2.08. The van der Waals surface area contributed by atoms with Gasteiger partial charge in [0.15, 0.2) is 16.3 Å². The standard InChI is InChI=1S/C19H17ClN2O4S/c1-24-7-6-22-14-4-3-13(20)11-17(14)27-19(22)21-18(23)12-2-5-15-16(10-12)26-9-8-25-15/h2-5,10-11H,6-9H2,1H3. The molecule has 0 saturated heterocycles. The molecule has 0 spiro atoms. The Bertz CT molecular complexity index is 1070. The van der Waals surface area contributed by atoms with Crippen molar-refractivity contribution in [3.63, 3.8) is 0 Å². The monoisotopic (exact) mass is 404 g/mol. The summed E-state index contributed by atoms with van der Waals surface area (Å²) in [5.41, 5.74) is 1.42. The molecule has 0 bridgehead atoms. The van der Waals surface area contributed by atoms with Crippen LogP contribution in [0.4, 0.5) is 0 Å². The lowest BCUT2D eigenvalue weighted by Crippen LogP contribution is -2.19. The SMILES string of the molecule is COCCn1c(=NC(=O)c2ccc3c(c2)OCCO3)sc2cc(Cl)ccc21. The number of halogens is 1. The number of hydrogen-bond acceptors (Lipinski definition) is 5. The molecule has 4 rings (SSSR count). The van der Waals surface area contributed by atoms with Gasteiger partial charge in [0.25, 0.3) is 5.91 Å². The summed E-state index contributed by atoms with van der Waals surface area (Å²) >= 11 is 7.52. The summed E-state index contributed by atoms with van der Waals surface area (Å²) in [4.78, 5) is 17.7. The molecule has 1 aliphatic heterocycles. The highest BCUT2D eigenvalue weighted by atomic mass is 35.5. The third-order valence-corrected chi connectivity index (χ3v) is 5.43. The van der Waals surface area contributed by atoms with Crippen molar-refractivity contribution in [1.82, 2.24) is 4.57 Å². The third-order valence-electron chi connectivity index (χ3n) is 4.15. The van der Waals surface area contributed by atoms with Gasteiger partial charge in [-0.05, 0) is 36.4 Å². The number of aromatic nitrogens is 1. The molecule has 8 heteroatoms. The Morgan fingerprint density at radius 2 is 2.04 bits per heavy atom. The number of benzene rings is 2. The van der Waals surface area contributed by atoms with Crippen molar-refractivity contribution in [3.05, 3.63) is 51.8 Å². The van der Waals surface area contributed by atoms with Crippen LogP contribution in [0.1, 0.15) is 10.4 Å². The molecule has 0 aliphatic carbocycles. The van der Waals surface area contributed by atoms with Gasteiger partial charge in [0, 0.05) is 24.2 Å². The normalized spacial score (nSPS) is 13.9. The van der Waals surface area contributed by atoms with E-state index in [-0.39, 0.29) is 5.91 Å². The predicted molar refractivity (Wildman–Crippen MR) is 104 cm³/mol. The molecule has 1 aromatic heterocycles. The molecule has 6 nitrogen and oxygen atoms in total. The second-order valence-corrected chi connectivity index (χ2v) is 7.36. The Labute approximate surface area is 164 Å². The highest BCUT2D eigenvalue weighted by molar-refractivity contribution is 7.16. The lowest BCUT2D eigenvalue weighted by Gasteiger charge is -2.18. The van der Waals surface area contributed by atoms with Crippen LogP contribution in [0.25, 0.3) is 10.2 Å². The van der Waals surface area contributed by atoms with Crippen molar-refractivity contribution in [2.24, 2.45) is 4.99 Å². The van der Waals surface area contributed by atoms with Crippen molar-refractivity contribution in [1.29, 1.82) is 0 Å². The summed E-state index contributed by atoms with van der Waals surface area (Å²) in [5.74, 6) is 0.873. The molecule has 0 fully saturated rings. The number of carbonyl (C=O) groups is 1. The van der Waals surface area contributed by atoms with E-state index in [4.69, 9.17) is 25.8 Å². The van der Waals surface area contributed by atoms with E-state index in [0.29, 0.717) is 53.3 Å². The first-order valence-corrected chi connectivity index (χ1v) is 9.62. The average molecular weight is 405 g/mol. The fourth-order valence-electron chi connectivity index (χ4n) is 2.86. The zero-order valence-corrected chi connectivity index (χ0v) is 16.2. The van der Waals surface area contributed by atoms with E-state index in [2.05, 4.69) is 4.99 Å². The van der Waals surface area contributed by atoms with Gasteiger partial charge in [0.1, 0.15) is 13.2 Å². The maximum atomic E-state index is 12.7. The number of methoxy groups -OCH3 is 1. The molecular weight excluding hydrogens is 388 g/mol. The molecule has 0 saturated carbocycles. The summed E-state index contributed by atoms with van der Waals surface area (Å²) in [5, 5.41) is 0.646. The summed E-state index contributed by atoms with van der Waals surface area (Å²) < 4.78 is 19.2. The minimum Gasteiger partial charge on any atom is -0.486 e. The molecule has 1 amide bonds. The average Bonchev–Trinajstić information content (AvgIpc) is 3.01. The van der Waals surface area contributed by atoms with E-state index in [1.54, 1.807) is 25.3 Å². The first-order valence-electron chi connectivity index (χ1n) is 8.42. The molecule has 2 heterocycles. The van der Waals surface area contributed by atoms with Gasteiger partial charge in [-0.2, -0.15) is 4.99 Å². The molecule has 2 aromatic carbocycles. The van der Waals surface area contributed by atoms with Crippen molar-refractivity contribution >= 4 is 39.1 Å². The van der Waals surface area contributed by atoms with Crippen LogP contribution in [0.15, 0.2) is 41.4 Å². The lowest BCUT2D eigenvalue weighted by atomic mass is 10.2. The highest BCUT2D eigenvalue weighted by Gasteiger charge is 2.15. The molecule has 0 N–H and O–H groups in total. The molecule has 1 aliphatic rings. The minimum atomic E-state index is -0.337. The third kappa shape index (κ3) is 3.71. The summed E-state index contributed by atoms with van der Waals surface area (Å²) in [6, 6.07) is 10.7. The number of nitrogens with zero attached hydrogens (tertiary/aromatic N) is 2. The van der Waals surface area contributed by atoms with Gasteiger partial charge in [-0.1, -0.05) is 22.9 Å². The predicted octanol–water partition coefficient (Wildman–Crippen LogP) is 3.51. The first-order chi connectivity index (χ1) is 13.2. The zero-order chi connectivity index (χ0) is 18.8. The van der Waals surface area contributed by atoms with Crippen LogP contribution >= 0.6 is 22.9 Å². The fourth-order valence-corrected chi connectivity index (χ4v) is 4.19. The Balaban J connectivity index is 1.76. The van der Waals surface area contributed by atoms with E-state index in [0.717, 1.165) is 10.2 Å². The number of fused-ring (bicyclic) bond motifs is 2. The topological polar surface area (TPSA) is 62.1 Å². The van der Waals surface area contributed by atoms with Crippen LogP contribution in [0, 0.1) is 0 Å². The van der Waals surface area contributed by atoms with Crippen LogP contribution in [-0.4, -0.2) is 37.4 Å². The second-order valence-electron chi connectivity index (χ2n) is 5.92. The summed E-state index contributed by atoms with van der Waals surface area (Å²) in [7, 11) is 1.64. The van der Waals surface area contributed by atoms with Crippen LogP contribution in [-0.2, 0) is 11.3 Å². The highest BCUT2D eigenvalue weighted by Crippen LogP contribution is 2.31. The molecular formula is C19H17ClN2O4S. The largest absolute Gasteiger partial charge is 0.486 e. The van der Waals surface area contributed by atoms with Gasteiger partial charge < -0.3 is 18.8 Å².